The van der Waals surface area contributed by atoms with Crippen LogP contribution in [0.3, 0.4) is 0 Å². The highest BCUT2D eigenvalue weighted by atomic mass is 16.5. The fourth-order valence-corrected chi connectivity index (χ4v) is 3.40. The summed E-state index contributed by atoms with van der Waals surface area (Å²) in [6, 6.07) is 15.8. The highest BCUT2D eigenvalue weighted by Gasteiger charge is 2.24. The van der Waals surface area contributed by atoms with Gasteiger partial charge in [0, 0.05) is 30.9 Å². The van der Waals surface area contributed by atoms with Crippen molar-refractivity contribution in [2.45, 2.75) is 6.54 Å². The molecule has 0 aliphatic carbocycles. The molecule has 0 bridgehead atoms. The third-order valence-electron chi connectivity index (χ3n) is 4.73. The molecule has 1 amide bonds. The zero-order valence-corrected chi connectivity index (χ0v) is 14.2. The maximum absolute atomic E-state index is 13.2. The fourth-order valence-electron chi connectivity index (χ4n) is 3.40. The number of morpholine rings is 1. The molecule has 25 heavy (non-hydrogen) atoms. The Labute approximate surface area is 147 Å². The largest absolute Gasteiger partial charge is 0.491 e. The number of amides is 1. The number of para-hydroxylation sites is 2. The molecule has 0 N–H and O–H groups in total. The summed E-state index contributed by atoms with van der Waals surface area (Å²) in [6.07, 6.45) is 0. The van der Waals surface area contributed by atoms with Crippen LogP contribution in [0.5, 0.6) is 5.75 Å². The van der Waals surface area contributed by atoms with Gasteiger partial charge in [0.25, 0.3) is 5.91 Å². The third kappa shape index (κ3) is 3.33. The van der Waals surface area contributed by atoms with E-state index in [4.69, 9.17) is 9.47 Å². The highest BCUT2D eigenvalue weighted by Crippen LogP contribution is 2.27. The van der Waals surface area contributed by atoms with E-state index in [2.05, 4.69) is 4.90 Å². The number of rotatable bonds is 2. The molecule has 0 radical (unpaired) electrons. The molecule has 0 spiro atoms. The molecular weight excluding hydrogens is 316 g/mol. The van der Waals surface area contributed by atoms with Crippen molar-refractivity contribution in [3.05, 3.63) is 59.7 Å². The third-order valence-corrected chi connectivity index (χ3v) is 4.73. The quantitative estimate of drug-likeness (QED) is 0.844. The van der Waals surface area contributed by atoms with Crippen LogP contribution in [0.4, 0.5) is 5.69 Å². The Morgan fingerprint density at radius 1 is 0.880 bits per heavy atom. The van der Waals surface area contributed by atoms with Crippen molar-refractivity contribution >= 4 is 11.6 Å². The molecule has 2 heterocycles. The summed E-state index contributed by atoms with van der Waals surface area (Å²) in [5.74, 6) is 0.932. The minimum atomic E-state index is 0.0578. The summed E-state index contributed by atoms with van der Waals surface area (Å²) >= 11 is 0. The molecular formula is C20H22N2O3. The first-order valence-corrected chi connectivity index (χ1v) is 8.74. The summed E-state index contributed by atoms with van der Waals surface area (Å²) in [6.45, 7) is 4.72. The molecule has 5 nitrogen and oxygen atoms in total. The molecule has 2 aromatic rings. The van der Waals surface area contributed by atoms with Crippen LogP contribution in [0.1, 0.15) is 15.9 Å². The summed E-state index contributed by atoms with van der Waals surface area (Å²) in [5, 5.41) is 0. The van der Waals surface area contributed by atoms with Gasteiger partial charge in [0.2, 0.25) is 0 Å². The van der Waals surface area contributed by atoms with Gasteiger partial charge in [-0.15, -0.1) is 0 Å². The van der Waals surface area contributed by atoms with Crippen molar-refractivity contribution in [1.29, 1.82) is 0 Å². The van der Waals surface area contributed by atoms with Crippen molar-refractivity contribution in [3.63, 3.8) is 0 Å². The predicted octanol–water partition coefficient (Wildman–Crippen LogP) is 2.56. The first-order chi connectivity index (χ1) is 12.3. The first-order valence-electron chi connectivity index (χ1n) is 8.74. The predicted molar refractivity (Wildman–Crippen MR) is 96.2 cm³/mol. The van der Waals surface area contributed by atoms with Gasteiger partial charge in [0.15, 0.2) is 0 Å². The number of ether oxygens (including phenoxy) is 2. The standard InChI is InChI=1S/C20H22N2O3/c23-20(22-11-14-25-19-8-4-1-5-16(19)15-22)17-6-2-3-7-18(17)21-9-12-24-13-10-21/h1-8H,9-15H2. The van der Waals surface area contributed by atoms with Gasteiger partial charge in [-0.2, -0.15) is 0 Å². The number of carbonyl (C=O) groups excluding carboxylic acids is 1. The Morgan fingerprint density at radius 2 is 1.64 bits per heavy atom. The van der Waals surface area contributed by atoms with Gasteiger partial charge in [0.05, 0.1) is 25.3 Å². The van der Waals surface area contributed by atoms with Crippen molar-refractivity contribution in [2.75, 3.05) is 44.4 Å². The van der Waals surface area contributed by atoms with E-state index in [-0.39, 0.29) is 5.91 Å². The molecule has 1 fully saturated rings. The number of benzene rings is 2. The van der Waals surface area contributed by atoms with E-state index in [1.165, 1.54) is 0 Å². The van der Waals surface area contributed by atoms with Crippen molar-refractivity contribution < 1.29 is 14.3 Å². The second-order valence-electron chi connectivity index (χ2n) is 6.30. The molecule has 4 rings (SSSR count). The van der Waals surface area contributed by atoms with Crippen molar-refractivity contribution in [3.8, 4) is 5.75 Å². The Bertz CT molecular complexity index is 756. The Balaban J connectivity index is 1.61. The zero-order valence-electron chi connectivity index (χ0n) is 14.2. The molecule has 2 aliphatic rings. The molecule has 1 saturated heterocycles. The van der Waals surface area contributed by atoms with E-state index in [0.717, 1.165) is 35.7 Å². The van der Waals surface area contributed by atoms with E-state index < -0.39 is 0 Å². The summed E-state index contributed by atoms with van der Waals surface area (Å²) in [4.78, 5) is 17.4. The highest BCUT2D eigenvalue weighted by molar-refractivity contribution is 6.00. The van der Waals surface area contributed by atoms with Crippen LogP contribution in [0.2, 0.25) is 0 Å². The van der Waals surface area contributed by atoms with Gasteiger partial charge < -0.3 is 19.3 Å². The van der Waals surface area contributed by atoms with Crippen LogP contribution in [0, 0.1) is 0 Å². The molecule has 130 valence electrons. The molecule has 5 heteroatoms. The van der Waals surface area contributed by atoms with Crippen LogP contribution >= 0.6 is 0 Å². The van der Waals surface area contributed by atoms with Crippen LogP contribution in [-0.4, -0.2) is 50.3 Å². The van der Waals surface area contributed by atoms with Gasteiger partial charge in [-0.1, -0.05) is 30.3 Å². The molecule has 2 aromatic carbocycles. The van der Waals surface area contributed by atoms with Crippen LogP contribution in [0.15, 0.2) is 48.5 Å². The average molecular weight is 338 g/mol. The van der Waals surface area contributed by atoms with E-state index >= 15 is 0 Å². The lowest BCUT2D eigenvalue weighted by Gasteiger charge is -2.31. The SMILES string of the molecule is O=C(c1ccccc1N1CCOCC1)N1CCOc2ccccc2C1. The van der Waals surface area contributed by atoms with Crippen molar-refractivity contribution in [1.82, 2.24) is 4.90 Å². The lowest BCUT2D eigenvalue weighted by molar-refractivity contribution is 0.0732. The van der Waals surface area contributed by atoms with Crippen LogP contribution in [-0.2, 0) is 11.3 Å². The lowest BCUT2D eigenvalue weighted by atomic mass is 10.1. The van der Waals surface area contributed by atoms with E-state index in [1.54, 1.807) is 0 Å². The number of hydrogen-bond acceptors (Lipinski definition) is 4. The molecule has 2 aliphatic heterocycles. The van der Waals surface area contributed by atoms with Gasteiger partial charge in [-0.05, 0) is 18.2 Å². The maximum atomic E-state index is 13.2. The maximum Gasteiger partial charge on any atom is 0.256 e. The summed E-state index contributed by atoms with van der Waals surface area (Å²) < 4.78 is 11.2. The number of carbonyl (C=O) groups is 1. The van der Waals surface area contributed by atoms with Gasteiger partial charge in [0.1, 0.15) is 12.4 Å². The van der Waals surface area contributed by atoms with Crippen LogP contribution in [0.25, 0.3) is 0 Å². The number of hydrogen-bond donors (Lipinski definition) is 0. The second-order valence-corrected chi connectivity index (χ2v) is 6.30. The topological polar surface area (TPSA) is 42.0 Å². The molecule has 0 atom stereocenters. The van der Waals surface area contributed by atoms with E-state index in [9.17, 15) is 4.79 Å². The van der Waals surface area contributed by atoms with Crippen LogP contribution < -0.4 is 9.64 Å². The minimum Gasteiger partial charge on any atom is -0.491 e. The second kappa shape index (κ2) is 7.15. The zero-order chi connectivity index (χ0) is 17.1. The minimum absolute atomic E-state index is 0.0578. The molecule has 0 aromatic heterocycles. The van der Waals surface area contributed by atoms with Gasteiger partial charge >= 0.3 is 0 Å². The summed E-state index contributed by atoms with van der Waals surface area (Å²) in [5.41, 5.74) is 2.80. The number of anilines is 1. The van der Waals surface area contributed by atoms with Crippen molar-refractivity contribution in [2.24, 2.45) is 0 Å². The first kappa shape index (κ1) is 16.0. The Hall–Kier alpha value is -2.53. The van der Waals surface area contributed by atoms with E-state index in [1.807, 2.05) is 53.4 Å². The Kier molecular flexibility index (Phi) is 4.57. The van der Waals surface area contributed by atoms with Gasteiger partial charge in [-0.3, -0.25) is 4.79 Å². The van der Waals surface area contributed by atoms with Gasteiger partial charge in [-0.25, -0.2) is 0 Å². The number of fused-ring (bicyclic) bond motifs is 1. The fraction of sp³-hybridized carbons (Fsp3) is 0.350. The normalized spacial score (nSPS) is 17.4. The molecule has 0 saturated carbocycles. The smallest absolute Gasteiger partial charge is 0.256 e. The average Bonchev–Trinajstić information content (AvgIpc) is 2.90. The number of nitrogens with zero attached hydrogens (tertiary/aromatic N) is 2. The Morgan fingerprint density at radius 3 is 2.52 bits per heavy atom. The molecule has 0 unspecified atom stereocenters. The lowest BCUT2D eigenvalue weighted by Crippen LogP contribution is -2.39. The summed E-state index contributed by atoms with van der Waals surface area (Å²) in [7, 11) is 0. The monoisotopic (exact) mass is 338 g/mol. The van der Waals surface area contributed by atoms with E-state index in [0.29, 0.717) is 32.9 Å².